The molecular formula is C9H13N3O2. The predicted molar refractivity (Wildman–Crippen MR) is 50.8 cm³/mol. The molecule has 0 atom stereocenters. The summed E-state index contributed by atoms with van der Waals surface area (Å²) in [7, 11) is 0. The van der Waals surface area contributed by atoms with Crippen molar-refractivity contribution >= 4 is 5.91 Å². The number of hydrogen-bond donors (Lipinski definition) is 2. The maximum absolute atomic E-state index is 11.3. The number of aromatic nitrogens is 2. The van der Waals surface area contributed by atoms with Crippen molar-refractivity contribution in [3.05, 3.63) is 23.8 Å². The number of rotatable bonds is 4. The van der Waals surface area contributed by atoms with Crippen LogP contribution in [0.4, 0.5) is 0 Å². The highest BCUT2D eigenvalue weighted by Crippen LogP contribution is 1.96. The molecule has 0 radical (unpaired) electrons. The number of nitrogens with one attached hydrogen (secondary N) is 1. The normalized spacial score (nSPS) is 9.86. The third-order valence-corrected chi connectivity index (χ3v) is 1.68. The van der Waals surface area contributed by atoms with E-state index in [2.05, 4.69) is 15.3 Å². The molecule has 1 aromatic heterocycles. The first kappa shape index (κ1) is 10.6. The summed E-state index contributed by atoms with van der Waals surface area (Å²) in [5, 5.41) is 11.0. The van der Waals surface area contributed by atoms with Gasteiger partial charge in [-0.05, 0) is 12.5 Å². The zero-order valence-electron chi connectivity index (χ0n) is 8.03. The van der Waals surface area contributed by atoms with Gasteiger partial charge in [-0.3, -0.25) is 4.79 Å². The summed E-state index contributed by atoms with van der Waals surface area (Å²) in [6.07, 6.45) is 2.32. The molecule has 1 aromatic rings. The van der Waals surface area contributed by atoms with Gasteiger partial charge in [0.05, 0.1) is 6.61 Å². The molecule has 0 aliphatic rings. The van der Waals surface area contributed by atoms with E-state index in [-0.39, 0.29) is 24.9 Å². The van der Waals surface area contributed by atoms with Crippen LogP contribution in [0.1, 0.15) is 23.2 Å². The number of amides is 1. The Balaban J connectivity index is 2.69. The minimum absolute atomic E-state index is 0.0841. The molecule has 5 heteroatoms. The van der Waals surface area contributed by atoms with Crippen molar-refractivity contribution in [2.24, 2.45) is 0 Å². The number of nitrogens with zero attached hydrogens (tertiary/aromatic N) is 2. The Morgan fingerprint density at radius 3 is 3.07 bits per heavy atom. The molecule has 0 saturated heterocycles. The Hall–Kier alpha value is -1.49. The van der Waals surface area contributed by atoms with Crippen LogP contribution in [0.25, 0.3) is 0 Å². The first-order chi connectivity index (χ1) is 6.77. The highest BCUT2D eigenvalue weighted by Gasteiger charge is 2.07. The molecule has 0 unspecified atom stereocenters. The largest absolute Gasteiger partial charge is 0.395 e. The molecule has 1 heterocycles. The minimum atomic E-state index is -0.352. The van der Waals surface area contributed by atoms with E-state index in [1.165, 1.54) is 0 Å². The van der Waals surface area contributed by atoms with Crippen molar-refractivity contribution in [1.82, 2.24) is 15.3 Å². The molecule has 14 heavy (non-hydrogen) atoms. The SMILES string of the molecule is CCc1ccnc(C(=O)NCCO)n1. The highest BCUT2D eigenvalue weighted by molar-refractivity contribution is 5.90. The monoisotopic (exact) mass is 195 g/mol. The average molecular weight is 195 g/mol. The third kappa shape index (κ3) is 2.77. The fourth-order valence-electron chi connectivity index (χ4n) is 0.951. The van der Waals surface area contributed by atoms with Gasteiger partial charge in [-0.15, -0.1) is 0 Å². The van der Waals surface area contributed by atoms with E-state index in [0.717, 1.165) is 12.1 Å². The van der Waals surface area contributed by atoms with Gasteiger partial charge in [-0.25, -0.2) is 9.97 Å². The molecule has 0 spiro atoms. The van der Waals surface area contributed by atoms with Crippen LogP contribution in [0.3, 0.4) is 0 Å². The van der Waals surface area contributed by atoms with E-state index in [9.17, 15) is 4.79 Å². The number of aliphatic hydroxyl groups is 1. The number of aryl methyl sites for hydroxylation is 1. The summed E-state index contributed by atoms with van der Waals surface area (Å²) >= 11 is 0. The van der Waals surface area contributed by atoms with Gasteiger partial charge in [-0.2, -0.15) is 0 Å². The molecule has 2 N–H and O–H groups in total. The van der Waals surface area contributed by atoms with Crippen molar-refractivity contribution in [1.29, 1.82) is 0 Å². The van der Waals surface area contributed by atoms with Gasteiger partial charge in [0, 0.05) is 18.4 Å². The molecule has 1 rings (SSSR count). The summed E-state index contributed by atoms with van der Waals surface area (Å²) in [5.74, 6) is -0.202. The third-order valence-electron chi connectivity index (χ3n) is 1.68. The Labute approximate surface area is 82.2 Å². The van der Waals surface area contributed by atoms with Crippen molar-refractivity contribution in [2.75, 3.05) is 13.2 Å². The molecule has 1 amide bonds. The van der Waals surface area contributed by atoms with Crippen molar-refractivity contribution in [3.63, 3.8) is 0 Å². The van der Waals surface area contributed by atoms with Crippen LogP contribution in [0.2, 0.25) is 0 Å². The van der Waals surface area contributed by atoms with Gasteiger partial charge in [0.25, 0.3) is 5.91 Å². The van der Waals surface area contributed by atoms with Gasteiger partial charge < -0.3 is 10.4 Å². The van der Waals surface area contributed by atoms with Gasteiger partial charge in [0.15, 0.2) is 0 Å². The van der Waals surface area contributed by atoms with Crippen LogP contribution in [0.15, 0.2) is 12.3 Å². The molecule has 76 valence electrons. The first-order valence-electron chi connectivity index (χ1n) is 4.49. The van der Waals surface area contributed by atoms with Gasteiger partial charge >= 0.3 is 0 Å². The zero-order valence-corrected chi connectivity index (χ0v) is 8.03. The lowest BCUT2D eigenvalue weighted by molar-refractivity contribution is 0.0934. The fraction of sp³-hybridized carbons (Fsp3) is 0.444. The highest BCUT2D eigenvalue weighted by atomic mass is 16.3. The number of aliphatic hydroxyl groups excluding tert-OH is 1. The Bertz CT molecular complexity index is 315. The summed E-state index contributed by atoms with van der Waals surface area (Å²) in [5.41, 5.74) is 0.828. The molecular weight excluding hydrogens is 182 g/mol. The number of hydrogen-bond acceptors (Lipinski definition) is 4. The van der Waals surface area contributed by atoms with Crippen molar-refractivity contribution in [3.8, 4) is 0 Å². The quantitative estimate of drug-likeness (QED) is 0.695. The second kappa shape index (κ2) is 5.29. The Morgan fingerprint density at radius 2 is 2.43 bits per heavy atom. The Morgan fingerprint density at radius 1 is 1.64 bits per heavy atom. The molecule has 0 aliphatic heterocycles. The van der Waals surface area contributed by atoms with Gasteiger partial charge in [0.2, 0.25) is 5.82 Å². The molecule has 0 aromatic carbocycles. The lowest BCUT2D eigenvalue weighted by Gasteiger charge is -2.02. The van der Waals surface area contributed by atoms with Crippen LogP contribution in [-0.4, -0.2) is 34.1 Å². The van der Waals surface area contributed by atoms with Crippen LogP contribution >= 0.6 is 0 Å². The number of carbonyl (C=O) groups is 1. The van der Waals surface area contributed by atoms with Gasteiger partial charge in [-0.1, -0.05) is 6.92 Å². The zero-order chi connectivity index (χ0) is 10.4. The predicted octanol–water partition coefficient (Wildman–Crippen LogP) is -0.239. The molecule has 5 nitrogen and oxygen atoms in total. The van der Waals surface area contributed by atoms with E-state index >= 15 is 0 Å². The first-order valence-corrected chi connectivity index (χ1v) is 4.49. The Kier molecular flexibility index (Phi) is 4.00. The fourth-order valence-corrected chi connectivity index (χ4v) is 0.951. The van der Waals surface area contributed by atoms with E-state index in [1.54, 1.807) is 12.3 Å². The van der Waals surface area contributed by atoms with Crippen LogP contribution < -0.4 is 5.32 Å². The van der Waals surface area contributed by atoms with E-state index in [4.69, 9.17) is 5.11 Å². The van der Waals surface area contributed by atoms with Gasteiger partial charge in [0.1, 0.15) is 0 Å². The summed E-state index contributed by atoms with van der Waals surface area (Å²) in [4.78, 5) is 19.2. The van der Waals surface area contributed by atoms with Crippen molar-refractivity contribution < 1.29 is 9.90 Å². The summed E-state index contributed by atoms with van der Waals surface area (Å²) in [6.45, 7) is 2.09. The lowest BCUT2D eigenvalue weighted by atomic mass is 10.3. The lowest BCUT2D eigenvalue weighted by Crippen LogP contribution is -2.28. The maximum atomic E-state index is 11.3. The molecule has 0 saturated carbocycles. The second-order valence-electron chi connectivity index (χ2n) is 2.70. The van der Waals surface area contributed by atoms with Crippen molar-refractivity contribution in [2.45, 2.75) is 13.3 Å². The summed E-state index contributed by atoms with van der Waals surface area (Å²) in [6, 6.07) is 1.77. The standard InChI is InChI=1S/C9H13N3O2/c1-2-7-3-4-10-8(12-7)9(14)11-5-6-13/h3-4,13H,2,5-6H2,1H3,(H,11,14). The van der Waals surface area contributed by atoms with E-state index < -0.39 is 0 Å². The summed E-state index contributed by atoms with van der Waals surface area (Å²) < 4.78 is 0. The number of carbonyl (C=O) groups excluding carboxylic acids is 1. The molecule has 0 fully saturated rings. The molecule has 0 bridgehead atoms. The van der Waals surface area contributed by atoms with E-state index in [1.807, 2.05) is 6.92 Å². The minimum Gasteiger partial charge on any atom is -0.395 e. The molecule has 0 aliphatic carbocycles. The topological polar surface area (TPSA) is 75.1 Å². The van der Waals surface area contributed by atoms with Crippen LogP contribution in [0, 0.1) is 0 Å². The second-order valence-corrected chi connectivity index (χ2v) is 2.70. The van der Waals surface area contributed by atoms with E-state index in [0.29, 0.717) is 0 Å². The average Bonchev–Trinajstić information content (AvgIpc) is 2.26. The maximum Gasteiger partial charge on any atom is 0.289 e. The van der Waals surface area contributed by atoms with Crippen LogP contribution in [-0.2, 0) is 6.42 Å². The van der Waals surface area contributed by atoms with Crippen LogP contribution in [0.5, 0.6) is 0 Å². The smallest absolute Gasteiger partial charge is 0.289 e.